The highest BCUT2D eigenvalue weighted by atomic mass is 16.6. The topological polar surface area (TPSA) is 113 Å². The number of aromatic nitrogens is 2. The van der Waals surface area contributed by atoms with Gasteiger partial charge in [0.15, 0.2) is 0 Å². The molecule has 8 heteroatoms. The van der Waals surface area contributed by atoms with Crippen molar-refractivity contribution < 1.29 is 9.72 Å². The van der Waals surface area contributed by atoms with Crippen molar-refractivity contribution in [1.29, 1.82) is 0 Å². The molecule has 2 aromatic carbocycles. The number of rotatable bonds is 4. The van der Waals surface area contributed by atoms with Crippen LogP contribution in [0.25, 0.3) is 11.3 Å². The Morgan fingerprint density at radius 2 is 1.96 bits per heavy atom. The lowest BCUT2D eigenvalue weighted by molar-refractivity contribution is -0.384. The number of nitro groups is 1. The molecule has 1 amide bonds. The van der Waals surface area contributed by atoms with Crippen molar-refractivity contribution in [3.8, 4) is 11.3 Å². The van der Waals surface area contributed by atoms with Crippen LogP contribution in [-0.2, 0) is 12.8 Å². The van der Waals surface area contributed by atoms with Crippen molar-refractivity contribution in [3.63, 3.8) is 0 Å². The Morgan fingerprint density at radius 1 is 1.19 bits per heavy atom. The van der Waals surface area contributed by atoms with E-state index in [1.54, 1.807) is 12.1 Å². The molecule has 0 spiro atoms. The van der Waals surface area contributed by atoms with Crippen molar-refractivity contribution in [2.75, 3.05) is 0 Å². The van der Waals surface area contributed by atoms with E-state index in [0.717, 1.165) is 29.7 Å². The van der Waals surface area contributed by atoms with E-state index in [1.807, 2.05) is 18.2 Å². The maximum absolute atomic E-state index is 12.4. The normalized spacial score (nSPS) is 12.4. The first-order valence-corrected chi connectivity index (χ1v) is 8.37. The molecule has 3 aromatic rings. The third-order valence-corrected chi connectivity index (χ3v) is 4.49. The summed E-state index contributed by atoms with van der Waals surface area (Å²) in [6, 6.07) is 13.9. The Bertz CT molecular complexity index is 1050. The molecule has 0 aliphatic heterocycles. The van der Waals surface area contributed by atoms with Gasteiger partial charge in [0.1, 0.15) is 5.69 Å². The molecule has 0 saturated carbocycles. The van der Waals surface area contributed by atoms with Gasteiger partial charge < -0.3 is 0 Å². The second kappa shape index (κ2) is 6.83. The molecule has 0 radical (unpaired) electrons. The second-order valence-corrected chi connectivity index (χ2v) is 6.13. The zero-order valence-electron chi connectivity index (χ0n) is 14.2. The van der Waals surface area contributed by atoms with Gasteiger partial charge in [0.05, 0.1) is 16.8 Å². The maximum atomic E-state index is 12.4. The first kappa shape index (κ1) is 16.6. The first-order valence-electron chi connectivity index (χ1n) is 8.37. The predicted molar refractivity (Wildman–Crippen MR) is 99.6 cm³/mol. The molecule has 1 aromatic heterocycles. The summed E-state index contributed by atoms with van der Waals surface area (Å²) in [7, 11) is 0. The van der Waals surface area contributed by atoms with Gasteiger partial charge in [-0.05, 0) is 36.1 Å². The smallest absolute Gasteiger partial charge is 0.272 e. The predicted octanol–water partition coefficient (Wildman–Crippen LogP) is 2.85. The molecule has 1 aliphatic rings. The van der Waals surface area contributed by atoms with Gasteiger partial charge in [0.25, 0.3) is 11.6 Å². The number of amides is 1. The van der Waals surface area contributed by atoms with Crippen LogP contribution in [0.1, 0.15) is 27.2 Å². The summed E-state index contributed by atoms with van der Waals surface area (Å²) in [6.07, 6.45) is 3.02. The Morgan fingerprint density at radius 3 is 2.74 bits per heavy atom. The number of aromatic amines is 1. The van der Waals surface area contributed by atoms with Gasteiger partial charge in [-0.3, -0.25) is 20.0 Å². The monoisotopic (exact) mass is 361 g/mol. The third-order valence-electron chi connectivity index (χ3n) is 4.49. The van der Waals surface area contributed by atoms with Crippen LogP contribution >= 0.6 is 0 Å². The van der Waals surface area contributed by atoms with Gasteiger partial charge >= 0.3 is 0 Å². The summed E-state index contributed by atoms with van der Waals surface area (Å²) in [5.74, 6) is -0.374. The summed E-state index contributed by atoms with van der Waals surface area (Å²) >= 11 is 0. The maximum Gasteiger partial charge on any atom is 0.289 e. The Labute approximate surface area is 154 Å². The quantitative estimate of drug-likeness (QED) is 0.422. The van der Waals surface area contributed by atoms with E-state index in [1.165, 1.54) is 23.9 Å². The molecule has 1 heterocycles. The van der Waals surface area contributed by atoms with Crippen molar-refractivity contribution >= 4 is 17.8 Å². The average Bonchev–Trinajstić information content (AvgIpc) is 3.13. The van der Waals surface area contributed by atoms with Crippen LogP contribution in [0.3, 0.4) is 0 Å². The van der Waals surface area contributed by atoms with E-state index in [4.69, 9.17) is 0 Å². The van der Waals surface area contributed by atoms with Crippen LogP contribution in [0.4, 0.5) is 5.69 Å². The number of nitrogens with one attached hydrogen (secondary N) is 2. The van der Waals surface area contributed by atoms with Crippen molar-refractivity contribution in [2.45, 2.75) is 12.8 Å². The van der Waals surface area contributed by atoms with Crippen molar-refractivity contribution in [2.24, 2.45) is 5.10 Å². The van der Waals surface area contributed by atoms with Crippen LogP contribution in [0, 0.1) is 10.1 Å². The minimum Gasteiger partial charge on any atom is -0.272 e. The largest absolute Gasteiger partial charge is 0.289 e. The lowest BCUT2D eigenvalue weighted by atomic mass is 9.89. The fourth-order valence-corrected chi connectivity index (χ4v) is 3.15. The Hall–Kier alpha value is -3.81. The number of non-ortho nitro benzene ring substituents is 1. The molecule has 0 atom stereocenters. The fraction of sp³-hybridized carbons (Fsp3) is 0.105. The molecule has 0 unspecified atom stereocenters. The Kier molecular flexibility index (Phi) is 4.21. The first-order chi connectivity index (χ1) is 13.1. The van der Waals surface area contributed by atoms with Crippen LogP contribution in [0.15, 0.2) is 53.6 Å². The number of H-pyrrole nitrogens is 1. The summed E-state index contributed by atoms with van der Waals surface area (Å²) in [5, 5.41) is 21.7. The van der Waals surface area contributed by atoms with E-state index in [-0.39, 0.29) is 11.6 Å². The number of fused-ring (bicyclic) bond motifs is 3. The highest BCUT2D eigenvalue weighted by Gasteiger charge is 2.24. The molecule has 4 rings (SSSR count). The number of aryl methyl sites for hydroxylation is 1. The molecule has 2 N–H and O–H groups in total. The molecule has 0 fully saturated rings. The molecule has 8 nitrogen and oxygen atoms in total. The van der Waals surface area contributed by atoms with Gasteiger partial charge in [-0.15, -0.1) is 0 Å². The second-order valence-electron chi connectivity index (χ2n) is 6.13. The van der Waals surface area contributed by atoms with E-state index in [2.05, 4.69) is 26.8 Å². The zero-order valence-corrected chi connectivity index (χ0v) is 14.2. The van der Waals surface area contributed by atoms with Crippen molar-refractivity contribution in [3.05, 3.63) is 81.0 Å². The molecular weight excluding hydrogens is 346 g/mol. The number of nitrogens with zero attached hydrogens (tertiary/aromatic N) is 3. The van der Waals surface area contributed by atoms with Gasteiger partial charge in [-0.25, -0.2) is 5.43 Å². The minimum absolute atomic E-state index is 0.000514. The summed E-state index contributed by atoms with van der Waals surface area (Å²) in [5.41, 5.74) is 7.47. The van der Waals surface area contributed by atoms with Crippen LogP contribution < -0.4 is 5.43 Å². The van der Waals surface area contributed by atoms with Crippen LogP contribution in [0.5, 0.6) is 0 Å². The fourth-order valence-electron chi connectivity index (χ4n) is 3.15. The Balaban J connectivity index is 1.49. The number of carbonyl (C=O) groups excluding carboxylic acids is 1. The zero-order chi connectivity index (χ0) is 18.8. The van der Waals surface area contributed by atoms with E-state index < -0.39 is 4.92 Å². The molecule has 1 aliphatic carbocycles. The molecule has 27 heavy (non-hydrogen) atoms. The molecule has 0 saturated heterocycles. The van der Waals surface area contributed by atoms with E-state index in [0.29, 0.717) is 11.3 Å². The SMILES string of the molecule is O=C(N/N=C\c1ccc([N+](=O)[O-])cc1)c1[nH]nc2c1CCc1ccccc1-2. The lowest BCUT2D eigenvalue weighted by Crippen LogP contribution is -2.20. The van der Waals surface area contributed by atoms with Crippen LogP contribution in [-0.4, -0.2) is 27.2 Å². The van der Waals surface area contributed by atoms with E-state index >= 15 is 0 Å². The van der Waals surface area contributed by atoms with Gasteiger partial charge in [-0.1, -0.05) is 24.3 Å². The number of carbonyl (C=O) groups is 1. The lowest BCUT2D eigenvalue weighted by Gasteiger charge is -2.15. The van der Waals surface area contributed by atoms with E-state index in [9.17, 15) is 14.9 Å². The van der Waals surface area contributed by atoms with Gasteiger partial charge in [0.2, 0.25) is 0 Å². The number of hydrazone groups is 1. The van der Waals surface area contributed by atoms with Crippen molar-refractivity contribution in [1.82, 2.24) is 15.6 Å². The number of benzene rings is 2. The number of hydrogen-bond donors (Lipinski definition) is 2. The van der Waals surface area contributed by atoms with Gasteiger partial charge in [-0.2, -0.15) is 10.2 Å². The standard InChI is InChI=1S/C19H15N5O3/c25-19(23-20-11-12-5-8-14(9-6-12)24(26)27)18-16-10-7-13-3-1-2-4-15(13)17(16)21-22-18/h1-6,8-9,11H,7,10H2,(H,21,22)(H,23,25)/b20-11-. The summed E-state index contributed by atoms with van der Waals surface area (Å²) in [4.78, 5) is 22.6. The molecule has 0 bridgehead atoms. The minimum atomic E-state index is -0.470. The third kappa shape index (κ3) is 3.20. The number of nitro benzene ring substituents is 1. The molecule has 134 valence electrons. The van der Waals surface area contributed by atoms with Gasteiger partial charge in [0, 0.05) is 23.3 Å². The number of hydrogen-bond acceptors (Lipinski definition) is 5. The summed E-state index contributed by atoms with van der Waals surface area (Å²) < 4.78 is 0. The van der Waals surface area contributed by atoms with Crippen LogP contribution in [0.2, 0.25) is 0 Å². The summed E-state index contributed by atoms with van der Waals surface area (Å²) in [6.45, 7) is 0. The molecular formula is C19H15N5O3. The average molecular weight is 361 g/mol. The highest BCUT2D eigenvalue weighted by molar-refractivity contribution is 5.96. The highest BCUT2D eigenvalue weighted by Crippen LogP contribution is 2.33.